The third-order valence-electron chi connectivity index (χ3n) is 2.76. The second kappa shape index (κ2) is 6.94. The molecule has 0 radical (unpaired) electrons. The minimum Gasteiger partial charge on any atom is -0.298 e. The maximum atomic E-state index is 11.6. The van der Waals surface area contributed by atoms with Crippen molar-refractivity contribution in [3.63, 3.8) is 0 Å². The van der Waals surface area contributed by atoms with Crippen LogP contribution in [-0.2, 0) is 9.78 Å². The molecule has 0 aliphatic heterocycles. The third-order valence-corrected chi connectivity index (χ3v) is 2.76. The molecule has 2 rings (SSSR count). The molecular formula is C16H10O6. The van der Waals surface area contributed by atoms with E-state index in [1.54, 1.807) is 0 Å². The highest BCUT2D eigenvalue weighted by molar-refractivity contribution is 5.93. The quantitative estimate of drug-likeness (QED) is 0.489. The average Bonchev–Trinajstić information content (AvgIpc) is 2.59. The van der Waals surface area contributed by atoms with Crippen molar-refractivity contribution in [2.24, 2.45) is 0 Å². The van der Waals surface area contributed by atoms with Crippen LogP contribution in [0.3, 0.4) is 0 Å². The van der Waals surface area contributed by atoms with E-state index in [0.29, 0.717) is 23.7 Å². The van der Waals surface area contributed by atoms with E-state index in [1.807, 2.05) is 0 Å². The van der Waals surface area contributed by atoms with Crippen LogP contribution in [0.15, 0.2) is 48.5 Å². The molecule has 110 valence electrons. The van der Waals surface area contributed by atoms with Crippen molar-refractivity contribution in [3.05, 3.63) is 70.8 Å². The Kier molecular flexibility index (Phi) is 4.77. The van der Waals surface area contributed by atoms with Gasteiger partial charge in [0.1, 0.15) is 12.6 Å². The van der Waals surface area contributed by atoms with Crippen LogP contribution >= 0.6 is 0 Å². The minimum absolute atomic E-state index is 0.134. The van der Waals surface area contributed by atoms with Gasteiger partial charge in [0, 0.05) is 11.1 Å². The Labute approximate surface area is 125 Å². The van der Waals surface area contributed by atoms with E-state index in [9.17, 15) is 19.2 Å². The number of hydrogen-bond donors (Lipinski definition) is 0. The highest BCUT2D eigenvalue weighted by Crippen LogP contribution is 2.08. The maximum Gasteiger partial charge on any atom is 0.386 e. The molecule has 6 nitrogen and oxygen atoms in total. The van der Waals surface area contributed by atoms with E-state index in [4.69, 9.17) is 0 Å². The Morgan fingerprint density at radius 2 is 0.955 bits per heavy atom. The first kappa shape index (κ1) is 15.1. The zero-order chi connectivity index (χ0) is 15.9. The summed E-state index contributed by atoms with van der Waals surface area (Å²) in [5.74, 6) is -1.73. The zero-order valence-corrected chi connectivity index (χ0v) is 11.2. The van der Waals surface area contributed by atoms with Crippen molar-refractivity contribution in [1.82, 2.24) is 0 Å². The molecule has 0 heterocycles. The summed E-state index contributed by atoms with van der Waals surface area (Å²) in [6.07, 6.45) is 1.27. The molecule has 0 fully saturated rings. The van der Waals surface area contributed by atoms with Crippen LogP contribution in [0.4, 0.5) is 0 Å². The molecule has 0 saturated heterocycles. The lowest BCUT2D eigenvalue weighted by Crippen LogP contribution is -2.11. The smallest absolute Gasteiger partial charge is 0.298 e. The molecule has 0 amide bonds. The molecule has 0 atom stereocenters. The molecule has 0 unspecified atom stereocenters. The van der Waals surface area contributed by atoms with Gasteiger partial charge in [0.2, 0.25) is 0 Å². The highest BCUT2D eigenvalue weighted by atomic mass is 17.2. The van der Waals surface area contributed by atoms with Crippen LogP contribution in [0, 0.1) is 0 Å². The summed E-state index contributed by atoms with van der Waals surface area (Å²) >= 11 is 0. The monoisotopic (exact) mass is 298 g/mol. The van der Waals surface area contributed by atoms with Gasteiger partial charge >= 0.3 is 11.9 Å². The lowest BCUT2D eigenvalue weighted by atomic mass is 10.1. The molecule has 0 aliphatic rings. The van der Waals surface area contributed by atoms with E-state index in [-0.39, 0.29) is 11.1 Å². The van der Waals surface area contributed by atoms with Gasteiger partial charge in [0.05, 0.1) is 11.1 Å². The van der Waals surface area contributed by atoms with Gasteiger partial charge in [-0.1, -0.05) is 24.3 Å². The van der Waals surface area contributed by atoms with Crippen LogP contribution in [-0.4, -0.2) is 24.5 Å². The largest absolute Gasteiger partial charge is 0.386 e. The van der Waals surface area contributed by atoms with Crippen molar-refractivity contribution in [2.45, 2.75) is 0 Å². The first-order valence-electron chi connectivity index (χ1n) is 6.17. The number of rotatable bonds is 4. The van der Waals surface area contributed by atoms with Crippen LogP contribution in [0.5, 0.6) is 0 Å². The Morgan fingerprint density at radius 3 is 1.23 bits per heavy atom. The van der Waals surface area contributed by atoms with Gasteiger partial charge in [-0.3, -0.25) is 9.59 Å². The Morgan fingerprint density at radius 1 is 0.636 bits per heavy atom. The van der Waals surface area contributed by atoms with Gasteiger partial charge < -0.3 is 0 Å². The zero-order valence-electron chi connectivity index (χ0n) is 11.2. The predicted molar refractivity (Wildman–Crippen MR) is 74.5 cm³/mol. The molecule has 0 bridgehead atoms. The normalized spacial score (nSPS) is 9.64. The van der Waals surface area contributed by atoms with Crippen LogP contribution in [0.2, 0.25) is 0 Å². The third kappa shape index (κ3) is 3.63. The number of carbonyl (C=O) groups is 4. The topological polar surface area (TPSA) is 86.7 Å². The lowest BCUT2D eigenvalue weighted by molar-refractivity contribution is -0.187. The average molecular weight is 298 g/mol. The number of hydrogen-bond acceptors (Lipinski definition) is 6. The second-order valence-corrected chi connectivity index (χ2v) is 4.22. The van der Waals surface area contributed by atoms with Gasteiger partial charge in [0.25, 0.3) is 0 Å². The van der Waals surface area contributed by atoms with Gasteiger partial charge in [-0.15, -0.1) is 0 Å². The molecule has 2 aromatic rings. The molecular weight excluding hydrogens is 288 g/mol. The maximum absolute atomic E-state index is 11.6. The molecule has 6 heteroatoms. The van der Waals surface area contributed by atoms with Gasteiger partial charge in [-0.25, -0.2) is 19.4 Å². The number of aldehydes is 2. The van der Waals surface area contributed by atoms with E-state index < -0.39 is 11.9 Å². The van der Waals surface area contributed by atoms with Gasteiger partial charge in [-0.2, -0.15) is 0 Å². The Hall–Kier alpha value is -3.28. The van der Waals surface area contributed by atoms with Crippen LogP contribution in [0.1, 0.15) is 41.4 Å². The first-order chi connectivity index (χ1) is 10.6. The first-order valence-corrected chi connectivity index (χ1v) is 6.17. The standard InChI is InChI=1S/C16H10O6/c17-9-11-1-5-13(6-2-11)15(19)21-22-16(20)14-7-3-12(10-18)4-8-14/h1-10H. The Bertz CT molecular complexity index is 637. The molecule has 0 N–H and O–H groups in total. The second-order valence-electron chi connectivity index (χ2n) is 4.22. The summed E-state index contributed by atoms with van der Waals surface area (Å²) in [7, 11) is 0. The van der Waals surface area contributed by atoms with E-state index in [0.717, 1.165) is 0 Å². The van der Waals surface area contributed by atoms with Crippen molar-refractivity contribution in [2.75, 3.05) is 0 Å². The minimum atomic E-state index is -0.865. The lowest BCUT2D eigenvalue weighted by Gasteiger charge is -2.03. The predicted octanol–water partition coefficient (Wildman–Crippen LogP) is 2.24. The summed E-state index contributed by atoms with van der Waals surface area (Å²) in [5, 5.41) is 0. The summed E-state index contributed by atoms with van der Waals surface area (Å²) in [6.45, 7) is 0. The summed E-state index contributed by atoms with van der Waals surface area (Å²) in [6, 6.07) is 11.2. The SMILES string of the molecule is O=Cc1ccc(C(=O)OOC(=O)c2ccc(C=O)cc2)cc1. The molecule has 0 spiro atoms. The molecule has 2 aromatic carbocycles. The highest BCUT2D eigenvalue weighted by Gasteiger charge is 2.14. The molecule has 22 heavy (non-hydrogen) atoms. The van der Waals surface area contributed by atoms with Crippen molar-refractivity contribution in [3.8, 4) is 0 Å². The van der Waals surface area contributed by atoms with Crippen LogP contribution < -0.4 is 0 Å². The van der Waals surface area contributed by atoms with E-state index in [2.05, 4.69) is 9.78 Å². The molecule has 0 aliphatic carbocycles. The Balaban J connectivity index is 1.95. The number of benzene rings is 2. The van der Waals surface area contributed by atoms with Crippen molar-refractivity contribution >= 4 is 24.5 Å². The van der Waals surface area contributed by atoms with Gasteiger partial charge in [-0.05, 0) is 24.3 Å². The number of carbonyl (C=O) groups excluding carboxylic acids is 4. The van der Waals surface area contributed by atoms with E-state index in [1.165, 1.54) is 48.5 Å². The van der Waals surface area contributed by atoms with Crippen molar-refractivity contribution < 1.29 is 29.0 Å². The van der Waals surface area contributed by atoms with Gasteiger partial charge in [0.15, 0.2) is 0 Å². The van der Waals surface area contributed by atoms with E-state index >= 15 is 0 Å². The molecule has 0 saturated carbocycles. The van der Waals surface area contributed by atoms with Crippen LogP contribution in [0.25, 0.3) is 0 Å². The fourth-order valence-corrected chi connectivity index (χ4v) is 1.57. The fraction of sp³-hybridized carbons (Fsp3) is 0. The summed E-state index contributed by atoms with van der Waals surface area (Å²) in [4.78, 5) is 53.1. The fourth-order valence-electron chi connectivity index (χ4n) is 1.57. The summed E-state index contributed by atoms with van der Waals surface area (Å²) in [5.41, 5.74) is 1.08. The van der Waals surface area contributed by atoms with Crippen molar-refractivity contribution in [1.29, 1.82) is 0 Å². The summed E-state index contributed by atoms with van der Waals surface area (Å²) < 4.78 is 0. The molecule has 0 aromatic heterocycles.